The van der Waals surface area contributed by atoms with Crippen molar-refractivity contribution < 1.29 is 26.2 Å². The summed E-state index contributed by atoms with van der Waals surface area (Å²) in [7, 11) is -8.96. The van der Waals surface area contributed by atoms with E-state index in [1.165, 1.54) is 6.33 Å². The molecule has 37 heavy (non-hydrogen) atoms. The van der Waals surface area contributed by atoms with Gasteiger partial charge < -0.3 is 19.3 Å². The van der Waals surface area contributed by atoms with Crippen molar-refractivity contribution in [2.45, 2.75) is 102 Å². The Balaban J connectivity index is 2.15. The van der Waals surface area contributed by atoms with Gasteiger partial charge in [0.1, 0.15) is 30.2 Å². The number of nitrogens with two attached hydrogens (primary N) is 2. The molecule has 1 saturated heterocycles. The Hall–Kier alpha value is -1.47. The molecule has 1 unspecified atom stereocenters. The fraction of sp³-hybridized carbons (Fsp3) is 0.773. The molecule has 0 saturated carbocycles. The summed E-state index contributed by atoms with van der Waals surface area (Å²) in [5.41, 5.74) is 6.94. The van der Waals surface area contributed by atoms with Gasteiger partial charge in [-0.15, -0.1) is 0 Å². The molecule has 4 atom stereocenters. The van der Waals surface area contributed by atoms with E-state index < -0.39 is 51.5 Å². The summed E-state index contributed by atoms with van der Waals surface area (Å²) in [6.07, 6.45) is 0.159. The quantitative estimate of drug-likeness (QED) is 0.446. The number of imidazole rings is 1. The third-order valence-corrected chi connectivity index (χ3v) is 17.2. The van der Waals surface area contributed by atoms with E-state index in [4.69, 9.17) is 28.6 Å². The zero-order valence-electron chi connectivity index (χ0n) is 23.5. The van der Waals surface area contributed by atoms with E-state index in [9.17, 15) is 8.42 Å². The van der Waals surface area contributed by atoms with Crippen LogP contribution >= 0.6 is 0 Å². The summed E-state index contributed by atoms with van der Waals surface area (Å²) in [6, 6.07) is 0. The second-order valence-electron chi connectivity index (χ2n) is 12.6. The monoisotopic (exact) mass is 574 g/mol. The summed E-state index contributed by atoms with van der Waals surface area (Å²) < 4.78 is 50.5. The van der Waals surface area contributed by atoms with Crippen LogP contribution < -0.4 is 10.9 Å². The van der Waals surface area contributed by atoms with E-state index in [1.807, 2.05) is 0 Å². The third kappa shape index (κ3) is 6.41. The van der Waals surface area contributed by atoms with Gasteiger partial charge in [-0.2, -0.15) is 8.42 Å². The largest absolute Gasteiger partial charge is 0.408 e. The zero-order chi connectivity index (χ0) is 28.2. The number of hydrogen-bond acceptors (Lipinski definition) is 10. The highest BCUT2D eigenvalue weighted by atomic mass is 32.2. The molecule has 2 aromatic heterocycles. The van der Waals surface area contributed by atoms with Crippen LogP contribution in [-0.2, 0) is 28.1 Å². The highest BCUT2D eigenvalue weighted by molar-refractivity contribution is 7.84. The molecule has 3 rings (SSSR count). The molecule has 2 aromatic rings. The third-order valence-electron chi connectivity index (χ3n) is 7.82. The van der Waals surface area contributed by atoms with Crippen molar-refractivity contribution in [3.8, 4) is 0 Å². The molecule has 3 heterocycles. The normalized spacial score (nSPS) is 24.2. The number of fused-ring (bicyclic) bond motifs is 1. The summed E-state index contributed by atoms with van der Waals surface area (Å²) >= 11 is 0. The van der Waals surface area contributed by atoms with E-state index in [1.54, 1.807) is 10.9 Å². The lowest BCUT2D eigenvalue weighted by Crippen LogP contribution is -2.54. The van der Waals surface area contributed by atoms with Crippen molar-refractivity contribution in [3.05, 3.63) is 12.7 Å². The van der Waals surface area contributed by atoms with Crippen LogP contribution in [0, 0.1) is 0 Å². The Bertz CT molecular complexity index is 1220. The molecule has 12 nitrogen and oxygen atoms in total. The van der Waals surface area contributed by atoms with Crippen LogP contribution in [0.2, 0.25) is 36.3 Å². The standard InChI is InChI=1S/C22H42N6O6SSi2/c1-21(2,3)36(7,8)33-16-14(11-31-35(24,29)30)32-20(17(16)34-37(9,10)22(4,5)6)28-13-27-15-18(23)25-12-26-19(15)28/h12-14,16-17,20H,11H2,1-10H3,(H2,23,25,26)(H2,24,29,30)/t14-,16+,17?,20-/m1/s1. The van der Waals surface area contributed by atoms with Gasteiger partial charge in [-0.25, -0.2) is 20.1 Å². The second-order valence-corrected chi connectivity index (χ2v) is 23.3. The van der Waals surface area contributed by atoms with Crippen LogP contribution in [0.25, 0.3) is 11.2 Å². The first-order valence-electron chi connectivity index (χ1n) is 12.3. The van der Waals surface area contributed by atoms with Crippen molar-refractivity contribution in [1.29, 1.82) is 0 Å². The van der Waals surface area contributed by atoms with Crippen molar-refractivity contribution in [1.82, 2.24) is 19.5 Å². The lowest BCUT2D eigenvalue weighted by Gasteiger charge is -2.44. The summed E-state index contributed by atoms with van der Waals surface area (Å²) in [5.74, 6) is 0.242. The van der Waals surface area contributed by atoms with Gasteiger partial charge in [0.2, 0.25) is 0 Å². The molecular formula is C22H42N6O6SSi2. The van der Waals surface area contributed by atoms with Crippen LogP contribution in [0.5, 0.6) is 0 Å². The Morgan fingerprint density at radius 3 is 2.03 bits per heavy atom. The smallest absolute Gasteiger partial charge is 0.333 e. The lowest BCUT2D eigenvalue weighted by molar-refractivity contribution is -0.0445. The average Bonchev–Trinajstić information content (AvgIpc) is 3.27. The van der Waals surface area contributed by atoms with Gasteiger partial charge in [-0.1, -0.05) is 41.5 Å². The molecule has 4 N–H and O–H groups in total. The summed E-state index contributed by atoms with van der Waals surface area (Å²) in [4.78, 5) is 12.8. The summed E-state index contributed by atoms with van der Waals surface area (Å²) in [6.45, 7) is 21.1. The van der Waals surface area contributed by atoms with Crippen LogP contribution in [0.3, 0.4) is 0 Å². The van der Waals surface area contributed by atoms with Crippen LogP contribution in [0.15, 0.2) is 12.7 Å². The predicted molar refractivity (Wildman–Crippen MR) is 147 cm³/mol. The molecule has 0 amide bonds. The number of nitrogens with zero attached hydrogens (tertiary/aromatic N) is 4. The maximum Gasteiger partial charge on any atom is 0.333 e. The van der Waals surface area contributed by atoms with E-state index in [-0.39, 0.29) is 22.5 Å². The first-order valence-corrected chi connectivity index (χ1v) is 19.5. The van der Waals surface area contributed by atoms with Gasteiger partial charge in [-0.3, -0.25) is 8.75 Å². The molecule has 1 aliphatic heterocycles. The molecule has 0 radical (unpaired) electrons. The van der Waals surface area contributed by atoms with Gasteiger partial charge in [0.25, 0.3) is 0 Å². The van der Waals surface area contributed by atoms with Crippen molar-refractivity contribution in [3.63, 3.8) is 0 Å². The second kappa shape index (κ2) is 9.93. The molecule has 210 valence electrons. The van der Waals surface area contributed by atoms with E-state index >= 15 is 0 Å². The Kier molecular flexibility index (Phi) is 8.07. The molecule has 0 aliphatic carbocycles. The van der Waals surface area contributed by atoms with Gasteiger partial charge in [0, 0.05) is 0 Å². The highest BCUT2D eigenvalue weighted by Gasteiger charge is 2.54. The minimum atomic E-state index is -4.21. The predicted octanol–water partition coefficient (Wildman–Crippen LogP) is 3.31. The van der Waals surface area contributed by atoms with E-state index in [0.717, 1.165) is 0 Å². The maximum absolute atomic E-state index is 11.7. The Labute approximate surface area is 222 Å². The van der Waals surface area contributed by atoms with Crippen molar-refractivity contribution in [2.24, 2.45) is 5.14 Å². The van der Waals surface area contributed by atoms with Crippen molar-refractivity contribution >= 4 is 43.9 Å². The molecule has 1 aliphatic rings. The molecule has 0 bridgehead atoms. The van der Waals surface area contributed by atoms with Gasteiger partial charge in [-0.05, 0) is 36.3 Å². The first-order chi connectivity index (χ1) is 16.6. The first kappa shape index (κ1) is 30.1. The van der Waals surface area contributed by atoms with Crippen LogP contribution in [0.4, 0.5) is 5.82 Å². The number of aromatic nitrogens is 4. The fourth-order valence-electron chi connectivity index (χ4n) is 3.59. The fourth-order valence-corrected chi connectivity index (χ4v) is 6.51. The molecule has 0 aromatic carbocycles. The number of anilines is 1. The Morgan fingerprint density at radius 1 is 0.973 bits per heavy atom. The maximum atomic E-state index is 11.7. The topological polar surface area (TPSA) is 167 Å². The molecule has 1 fully saturated rings. The number of rotatable bonds is 8. The highest BCUT2D eigenvalue weighted by Crippen LogP contribution is 2.46. The summed E-state index contributed by atoms with van der Waals surface area (Å²) in [5, 5.41) is 4.92. The number of nitrogen functional groups attached to an aromatic ring is 1. The lowest BCUT2D eigenvalue weighted by atomic mass is 10.1. The van der Waals surface area contributed by atoms with Crippen LogP contribution in [-0.4, -0.2) is 69.5 Å². The minimum Gasteiger partial charge on any atom is -0.408 e. The van der Waals surface area contributed by atoms with E-state index in [2.05, 4.69) is 82.7 Å². The SMILES string of the molecule is CC(C)(C)[Si](C)(C)OC1[C@@H](O[Si](C)(C)C(C)(C)C)[C@@H](COS(N)(=O)=O)O[C@H]1n1cnc2c(N)ncnc21. The van der Waals surface area contributed by atoms with Crippen molar-refractivity contribution in [2.75, 3.05) is 12.3 Å². The van der Waals surface area contributed by atoms with Crippen LogP contribution in [0.1, 0.15) is 47.8 Å². The minimum absolute atomic E-state index is 0.113. The Morgan fingerprint density at radius 2 is 1.51 bits per heavy atom. The van der Waals surface area contributed by atoms with Gasteiger partial charge >= 0.3 is 10.3 Å². The molecule has 15 heteroatoms. The zero-order valence-corrected chi connectivity index (χ0v) is 26.3. The van der Waals surface area contributed by atoms with Gasteiger partial charge in [0.05, 0.1) is 12.9 Å². The number of ether oxygens (including phenoxy) is 1. The average molecular weight is 575 g/mol. The number of hydrogen-bond donors (Lipinski definition) is 2. The molecular weight excluding hydrogens is 533 g/mol. The van der Waals surface area contributed by atoms with Gasteiger partial charge in [0.15, 0.2) is 34.3 Å². The van der Waals surface area contributed by atoms with E-state index in [0.29, 0.717) is 11.2 Å². The molecule has 0 spiro atoms.